The molecular formula is C28H40N6O6. The van der Waals surface area contributed by atoms with Crippen molar-refractivity contribution in [1.82, 2.24) is 16.0 Å². The number of hydrogen-bond acceptors (Lipinski definition) is 9. The van der Waals surface area contributed by atoms with Crippen LogP contribution < -0.4 is 33.2 Å². The van der Waals surface area contributed by atoms with Crippen molar-refractivity contribution in [3.05, 3.63) is 47.5 Å². The third kappa shape index (κ3) is 8.15. The Balaban J connectivity index is 2.05. The number of benzene rings is 2. The second kappa shape index (κ2) is 14.6. The van der Waals surface area contributed by atoms with Gasteiger partial charge in [-0.2, -0.15) is 0 Å². The molecule has 218 valence electrons. The molecule has 4 bridgehead atoms. The number of aliphatic hydroxyl groups is 1. The SMILES string of the molecule is NCCC[C@@H](CO)NC(=O)[C@@H]1Cc2cc(ccc2O)-c2ccc(O)c(c2)C[C@@H](N)C(=O)N[C@@H](CCCN)C(=O)N1. The van der Waals surface area contributed by atoms with Gasteiger partial charge in [0.15, 0.2) is 0 Å². The Hall–Kier alpha value is -3.71. The topological polar surface area (TPSA) is 226 Å². The lowest BCUT2D eigenvalue weighted by Gasteiger charge is -2.26. The first kappa shape index (κ1) is 30.8. The van der Waals surface area contributed by atoms with Crippen LogP contribution in [0.1, 0.15) is 36.8 Å². The predicted molar refractivity (Wildman–Crippen MR) is 150 cm³/mol. The molecular weight excluding hydrogens is 516 g/mol. The molecule has 3 rings (SSSR count). The van der Waals surface area contributed by atoms with E-state index >= 15 is 0 Å². The molecule has 0 saturated heterocycles. The van der Waals surface area contributed by atoms with Crippen LogP contribution in [-0.4, -0.2) is 76.9 Å². The third-order valence-electron chi connectivity index (χ3n) is 6.98. The Bertz CT molecular complexity index is 1190. The summed E-state index contributed by atoms with van der Waals surface area (Å²) in [5, 5.41) is 39.0. The summed E-state index contributed by atoms with van der Waals surface area (Å²) >= 11 is 0. The molecule has 1 heterocycles. The molecule has 12 heteroatoms. The largest absolute Gasteiger partial charge is 0.508 e. The second-order valence-corrected chi connectivity index (χ2v) is 10.1. The van der Waals surface area contributed by atoms with Crippen molar-refractivity contribution < 1.29 is 29.7 Å². The van der Waals surface area contributed by atoms with Crippen LogP contribution in [0, 0.1) is 0 Å². The highest BCUT2D eigenvalue weighted by Crippen LogP contribution is 2.31. The highest BCUT2D eigenvalue weighted by Gasteiger charge is 2.30. The Labute approximate surface area is 233 Å². The normalized spacial score (nSPS) is 20.4. The minimum atomic E-state index is -1.15. The zero-order chi connectivity index (χ0) is 29.2. The van der Waals surface area contributed by atoms with Crippen LogP contribution >= 0.6 is 0 Å². The Morgan fingerprint density at radius 2 is 1.52 bits per heavy atom. The van der Waals surface area contributed by atoms with Crippen LogP contribution in [0.15, 0.2) is 36.4 Å². The fourth-order valence-electron chi connectivity index (χ4n) is 4.63. The molecule has 0 spiro atoms. The summed E-state index contributed by atoms with van der Waals surface area (Å²) in [4.78, 5) is 39.8. The lowest BCUT2D eigenvalue weighted by molar-refractivity contribution is -0.132. The molecule has 0 aliphatic carbocycles. The van der Waals surface area contributed by atoms with E-state index in [0.717, 1.165) is 0 Å². The van der Waals surface area contributed by atoms with Gasteiger partial charge in [-0.25, -0.2) is 0 Å². The van der Waals surface area contributed by atoms with Gasteiger partial charge in [0, 0.05) is 12.8 Å². The smallest absolute Gasteiger partial charge is 0.243 e. The minimum absolute atomic E-state index is 0.0120. The summed E-state index contributed by atoms with van der Waals surface area (Å²) in [6, 6.07) is 5.95. The van der Waals surface area contributed by atoms with Gasteiger partial charge in [0.25, 0.3) is 0 Å². The number of carbonyl (C=O) groups is 3. The molecule has 12 nitrogen and oxygen atoms in total. The van der Waals surface area contributed by atoms with Crippen LogP contribution in [0.25, 0.3) is 11.1 Å². The fourth-order valence-corrected chi connectivity index (χ4v) is 4.63. The van der Waals surface area contributed by atoms with Crippen LogP contribution in [0.3, 0.4) is 0 Å². The van der Waals surface area contributed by atoms with Gasteiger partial charge in [-0.3, -0.25) is 14.4 Å². The summed E-state index contributed by atoms with van der Waals surface area (Å²) in [5.41, 5.74) is 19.6. The monoisotopic (exact) mass is 556 g/mol. The average molecular weight is 557 g/mol. The summed E-state index contributed by atoms with van der Waals surface area (Å²) in [7, 11) is 0. The van der Waals surface area contributed by atoms with E-state index in [4.69, 9.17) is 17.2 Å². The van der Waals surface area contributed by atoms with Crippen molar-refractivity contribution in [3.63, 3.8) is 0 Å². The lowest BCUT2D eigenvalue weighted by atomic mass is 9.95. The predicted octanol–water partition coefficient (Wildman–Crippen LogP) is -0.885. The van der Waals surface area contributed by atoms with Crippen molar-refractivity contribution in [2.24, 2.45) is 17.2 Å². The number of hydrogen-bond donors (Lipinski definition) is 9. The number of amides is 3. The highest BCUT2D eigenvalue weighted by molar-refractivity contribution is 5.93. The van der Waals surface area contributed by atoms with E-state index in [1.165, 1.54) is 12.1 Å². The minimum Gasteiger partial charge on any atom is -0.508 e. The van der Waals surface area contributed by atoms with Crippen molar-refractivity contribution in [2.75, 3.05) is 19.7 Å². The number of nitrogens with two attached hydrogens (primary N) is 3. The number of carbonyl (C=O) groups excluding carboxylic acids is 3. The maximum atomic E-state index is 13.4. The number of fused-ring (bicyclic) bond motifs is 5. The number of nitrogens with one attached hydrogen (secondary N) is 3. The molecule has 0 aromatic heterocycles. The van der Waals surface area contributed by atoms with Crippen LogP contribution in [0.4, 0.5) is 0 Å². The van der Waals surface area contributed by atoms with E-state index in [-0.39, 0.29) is 43.9 Å². The number of rotatable bonds is 9. The Kier molecular flexibility index (Phi) is 11.3. The summed E-state index contributed by atoms with van der Waals surface area (Å²) in [6.45, 7) is 0.344. The maximum Gasteiger partial charge on any atom is 0.243 e. The summed E-state index contributed by atoms with van der Waals surface area (Å²) < 4.78 is 0. The molecule has 0 unspecified atom stereocenters. The van der Waals surface area contributed by atoms with Gasteiger partial charge in [0.1, 0.15) is 23.6 Å². The van der Waals surface area contributed by atoms with Crippen molar-refractivity contribution in [2.45, 2.75) is 62.7 Å². The van der Waals surface area contributed by atoms with E-state index in [9.17, 15) is 29.7 Å². The molecule has 40 heavy (non-hydrogen) atoms. The van der Waals surface area contributed by atoms with Crippen LogP contribution in [0.5, 0.6) is 11.5 Å². The first-order chi connectivity index (χ1) is 19.2. The number of aromatic hydroxyl groups is 2. The lowest BCUT2D eigenvalue weighted by Crippen LogP contribution is -2.57. The zero-order valence-corrected chi connectivity index (χ0v) is 22.4. The first-order valence-electron chi connectivity index (χ1n) is 13.5. The molecule has 4 atom stereocenters. The van der Waals surface area contributed by atoms with Crippen molar-refractivity contribution in [1.29, 1.82) is 0 Å². The molecule has 0 radical (unpaired) electrons. The van der Waals surface area contributed by atoms with Gasteiger partial charge >= 0.3 is 0 Å². The highest BCUT2D eigenvalue weighted by atomic mass is 16.3. The first-order valence-corrected chi connectivity index (χ1v) is 13.5. The molecule has 2 aromatic rings. The quantitative estimate of drug-likeness (QED) is 0.186. The van der Waals surface area contributed by atoms with E-state index in [2.05, 4.69) is 16.0 Å². The van der Waals surface area contributed by atoms with Crippen LogP contribution in [-0.2, 0) is 27.2 Å². The van der Waals surface area contributed by atoms with E-state index in [1.807, 2.05) is 0 Å². The van der Waals surface area contributed by atoms with Gasteiger partial charge in [0.2, 0.25) is 17.7 Å². The molecule has 0 saturated carbocycles. The van der Waals surface area contributed by atoms with Gasteiger partial charge in [-0.05, 0) is 85.3 Å². The molecule has 1 aliphatic heterocycles. The van der Waals surface area contributed by atoms with Gasteiger partial charge in [-0.1, -0.05) is 12.1 Å². The fraction of sp³-hybridized carbons (Fsp3) is 0.464. The molecule has 12 N–H and O–H groups in total. The number of phenols is 2. The maximum absolute atomic E-state index is 13.4. The van der Waals surface area contributed by atoms with Crippen molar-refractivity contribution in [3.8, 4) is 22.6 Å². The summed E-state index contributed by atoms with van der Waals surface area (Å²) in [6.07, 6.45) is 1.57. The van der Waals surface area contributed by atoms with Gasteiger partial charge in [-0.15, -0.1) is 0 Å². The van der Waals surface area contributed by atoms with E-state index in [1.54, 1.807) is 24.3 Å². The van der Waals surface area contributed by atoms with Gasteiger partial charge < -0.3 is 48.5 Å². The number of aliphatic hydroxyl groups excluding tert-OH is 1. The van der Waals surface area contributed by atoms with Gasteiger partial charge in [0.05, 0.1) is 18.7 Å². The summed E-state index contributed by atoms with van der Waals surface area (Å²) in [5.74, 6) is -1.89. The van der Waals surface area contributed by atoms with E-state index in [0.29, 0.717) is 48.1 Å². The second-order valence-electron chi connectivity index (χ2n) is 10.1. The average Bonchev–Trinajstić information content (AvgIpc) is 2.94. The Morgan fingerprint density at radius 3 is 2.10 bits per heavy atom. The standard InChI is InChI=1S/C28H40N6O6/c29-9-1-3-20(15-35)32-28(40)23-14-19-12-17(6-8-25(19)37)16-5-7-24(36)18(11-16)13-21(31)26(38)33-22(4-2-10-30)27(39)34-23/h5-8,11-12,20-23,35-37H,1-4,9-10,13-15,29-31H2,(H,32,40)(H,33,38)(H,34,39)/t20-,21+,22-,23-/m0/s1. The zero-order valence-electron chi connectivity index (χ0n) is 22.4. The molecule has 2 aromatic carbocycles. The molecule has 1 aliphatic rings. The van der Waals surface area contributed by atoms with E-state index < -0.39 is 41.9 Å². The third-order valence-corrected chi connectivity index (χ3v) is 6.98. The molecule has 0 fully saturated rings. The van der Waals surface area contributed by atoms with Crippen molar-refractivity contribution >= 4 is 17.7 Å². The Morgan fingerprint density at radius 1 is 0.925 bits per heavy atom. The van der Waals surface area contributed by atoms with Crippen LogP contribution in [0.2, 0.25) is 0 Å². The number of phenolic OH excluding ortho intramolecular Hbond substituents is 2. The molecule has 3 amide bonds.